The van der Waals surface area contributed by atoms with E-state index < -0.39 is 0 Å². The van der Waals surface area contributed by atoms with Gasteiger partial charge in [0.25, 0.3) is 0 Å². The predicted molar refractivity (Wildman–Crippen MR) is 102 cm³/mol. The lowest BCUT2D eigenvalue weighted by Crippen LogP contribution is -2.51. The van der Waals surface area contributed by atoms with Gasteiger partial charge in [0.15, 0.2) is 0 Å². The third-order valence-electron chi connectivity index (χ3n) is 4.68. The number of nitrogens with one attached hydrogen (secondary N) is 1. The molecule has 0 saturated carbocycles. The monoisotopic (exact) mass is 357 g/mol. The summed E-state index contributed by atoms with van der Waals surface area (Å²) in [4.78, 5) is 16.4. The van der Waals surface area contributed by atoms with Crippen molar-refractivity contribution < 1.29 is 4.79 Å². The van der Waals surface area contributed by atoms with Gasteiger partial charge >= 0.3 is 0 Å². The zero-order valence-corrected chi connectivity index (χ0v) is 15.2. The van der Waals surface area contributed by atoms with E-state index in [1.807, 2.05) is 29.2 Å². The molecule has 5 heteroatoms. The zero-order valence-electron chi connectivity index (χ0n) is 14.5. The van der Waals surface area contributed by atoms with E-state index in [-0.39, 0.29) is 11.9 Å². The molecule has 25 heavy (non-hydrogen) atoms. The highest BCUT2D eigenvalue weighted by Gasteiger charge is 2.28. The van der Waals surface area contributed by atoms with Gasteiger partial charge in [-0.25, -0.2) is 0 Å². The lowest BCUT2D eigenvalue weighted by atomic mass is 9.96. The van der Waals surface area contributed by atoms with Crippen LogP contribution in [0.15, 0.2) is 54.6 Å². The van der Waals surface area contributed by atoms with Crippen LogP contribution in [0.5, 0.6) is 0 Å². The highest BCUT2D eigenvalue weighted by atomic mass is 35.5. The van der Waals surface area contributed by atoms with Crippen LogP contribution in [-0.2, 0) is 4.79 Å². The molecule has 1 atom stereocenters. The molecule has 3 rings (SSSR count). The molecule has 0 aromatic heterocycles. The van der Waals surface area contributed by atoms with Crippen LogP contribution in [0.3, 0.4) is 0 Å². The van der Waals surface area contributed by atoms with Gasteiger partial charge in [0.1, 0.15) is 0 Å². The lowest BCUT2D eigenvalue weighted by molar-refractivity contribution is -0.132. The maximum Gasteiger partial charge on any atom is 0.236 e. The summed E-state index contributed by atoms with van der Waals surface area (Å²) < 4.78 is 0. The van der Waals surface area contributed by atoms with Crippen LogP contribution in [0.4, 0.5) is 0 Å². The number of carbonyl (C=O) groups is 1. The van der Waals surface area contributed by atoms with Gasteiger partial charge in [-0.05, 0) is 24.2 Å². The second-order valence-electron chi connectivity index (χ2n) is 6.28. The smallest absolute Gasteiger partial charge is 0.236 e. The molecule has 2 aromatic rings. The first kappa shape index (κ1) is 17.9. The molecule has 1 amide bonds. The minimum absolute atomic E-state index is 0.108. The van der Waals surface area contributed by atoms with E-state index in [9.17, 15) is 4.79 Å². The van der Waals surface area contributed by atoms with E-state index in [4.69, 9.17) is 11.6 Å². The predicted octanol–water partition coefficient (Wildman–Crippen LogP) is 2.79. The summed E-state index contributed by atoms with van der Waals surface area (Å²) in [5.74, 6) is 0.163. The first-order chi connectivity index (χ1) is 12.2. The third-order valence-corrected chi connectivity index (χ3v) is 5.02. The SMILES string of the molecule is CNCC(=O)N1CCN(C(c2ccccc2)c2ccccc2Cl)CC1. The minimum Gasteiger partial charge on any atom is -0.339 e. The Bertz CT molecular complexity index is 699. The molecule has 1 heterocycles. The van der Waals surface area contributed by atoms with E-state index in [2.05, 4.69) is 40.5 Å². The van der Waals surface area contributed by atoms with Crippen molar-refractivity contribution >= 4 is 17.5 Å². The highest BCUT2D eigenvalue weighted by Crippen LogP contribution is 2.33. The van der Waals surface area contributed by atoms with Crippen molar-refractivity contribution in [1.82, 2.24) is 15.1 Å². The van der Waals surface area contributed by atoms with Crippen LogP contribution in [0, 0.1) is 0 Å². The highest BCUT2D eigenvalue weighted by molar-refractivity contribution is 6.31. The maximum atomic E-state index is 12.1. The van der Waals surface area contributed by atoms with Gasteiger partial charge in [0.2, 0.25) is 5.91 Å². The van der Waals surface area contributed by atoms with Gasteiger partial charge in [0, 0.05) is 31.2 Å². The molecule has 0 radical (unpaired) electrons. The van der Waals surface area contributed by atoms with Gasteiger partial charge in [-0.15, -0.1) is 0 Å². The number of carbonyl (C=O) groups excluding carboxylic acids is 1. The number of amides is 1. The summed E-state index contributed by atoms with van der Waals surface area (Å²) in [6.45, 7) is 3.55. The Labute approximate surface area is 154 Å². The molecule has 2 aromatic carbocycles. The molecule has 1 aliphatic rings. The molecule has 0 bridgehead atoms. The number of rotatable bonds is 5. The quantitative estimate of drug-likeness (QED) is 0.893. The Morgan fingerprint density at radius 1 is 1.04 bits per heavy atom. The van der Waals surface area contributed by atoms with Gasteiger partial charge in [-0.2, -0.15) is 0 Å². The van der Waals surface area contributed by atoms with Crippen molar-refractivity contribution in [2.24, 2.45) is 0 Å². The number of likely N-dealkylation sites (N-methyl/N-ethyl adjacent to an activating group) is 1. The second-order valence-corrected chi connectivity index (χ2v) is 6.69. The number of hydrogen-bond acceptors (Lipinski definition) is 3. The normalized spacial score (nSPS) is 16.6. The van der Waals surface area contributed by atoms with Crippen molar-refractivity contribution in [2.45, 2.75) is 6.04 Å². The van der Waals surface area contributed by atoms with Crippen LogP contribution in [0.2, 0.25) is 5.02 Å². The minimum atomic E-state index is 0.108. The van der Waals surface area contributed by atoms with E-state index in [1.54, 1.807) is 7.05 Å². The molecule has 4 nitrogen and oxygen atoms in total. The fraction of sp³-hybridized carbons (Fsp3) is 0.350. The molecular weight excluding hydrogens is 334 g/mol. The van der Waals surface area contributed by atoms with E-state index >= 15 is 0 Å². The van der Waals surface area contributed by atoms with Crippen LogP contribution < -0.4 is 5.32 Å². The number of hydrogen-bond donors (Lipinski definition) is 1. The second kappa shape index (κ2) is 8.48. The number of nitrogens with zero attached hydrogens (tertiary/aromatic N) is 2. The summed E-state index contributed by atoms with van der Waals surface area (Å²) in [5, 5.41) is 3.72. The average molecular weight is 358 g/mol. The van der Waals surface area contributed by atoms with E-state index in [0.717, 1.165) is 36.8 Å². The van der Waals surface area contributed by atoms with E-state index in [1.165, 1.54) is 5.56 Å². The molecule has 1 aliphatic heterocycles. The Hall–Kier alpha value is -1.88. The van der Waals surface area contributed by atoms with E-state index in [0.29, 0.717) is 6.54 Å². The summed E-state index contributed by atoms with van der Waals surface area (Å²) in [7, 11) is 1.80. The van der Waals surface area contributed by atoms with Crippen LogP contribution in [-0.4, -0.2) is 55.5 Å². The van der Waals surface area contributed by atoms with Gasteiger partial charge < -0.3 is 10.2 Å². The average Bonchev–Trinajstić information content (AvgIpc) is 2.65. The van der Waals surface area contributed by atoms with Gasteiger partial charge in [0.05, 0.1) is 12.6 Å². The Kier molecular flexibility index (Phi) is 6.08. The first-order valence-electron chi connectivity index (χ1n) is 8.66. The van der Waals surface area contributed by atoms with Crippen molar-refractivity contribution in [1.29, 1.82) is 0 Å². The fourth-order valence-corrected chi connectivity index (χ4v) is 3.65. The molecule has 0 spiro atoms. The van der Waals surface area contributed by atoms with Gasteiger partial charge in [-0.3, -0.25) is 9.69 Å². The summed E-state index contributed by atoms with van der Waals surface area (Å²) >= 11 is 6.51. The molecule has 0 aliphatic carbocycles. The summed E-state index contributed by atoms with van der Waals surface area (Å²) in [5.41, 5.74) is 2.34. The molecule has 1 saturated heterocycles. The van der Waals surface area contributed by atoms with Gasteiger partial charge in [-0.1, -0.05) is 60.1 Å². The van der Waals surface area contributed by atoms with Crippen LogP contribution in [0.1, 0.15) is 17.2 Å². The van der Waals surface area contributed by atoms with Crippen molar-refractivity contribution in [3.63, 3.8) is 0 Å². The van der Waals surface area contributed by atoms with Crippen molar-refractivity contribution in [2.75, 3.05) is 39.8 Å². The maximum absolute atomic E-state index is 12.1. The Balaban J connectivity index is 1.82. The van der Waals surface area contributed by atoms with Crippen LogP contribution >= 0.6 is 11.6 Å². The standard InChI is InChI=1S/C20H24ClN3O/c1-22-15-19(25)23-11-13-24(14-12-23)20(16-7-3-2-4-8-16)17-9-5-6-10-18(17)21/h2-10,20,22H,11-15H2,1H3. The first-order valence-corrected chi connectivity index (χ1v) is 9.04. The number of benzene rings is 2. The van der Waals surface area contributed by atoms with Crippen molar-refractivity contribution in [3.05, 3.63) is 70.7 Å². The Morgan fingerprint density at radius 2 is 1.68 bits per heavy atom. The lowest BCUT2D eigenvalue weighted by Gasteiger charge is -2.40. The van der Waals surface area contributed by atoms with Crippen molar-refractivity contribution in [3.8, 4) is 0 Å². The molecular formula is C20H24ClN3O. The summed E-state index contributed by atoms with van der Waals surface area (Å²) in [6, 6.07) is 18.6. The molecule has 1 N–H and O–H groups in total. The zero-order chi connectivity index (χ0) is 17.6. The van der Waals surface area contributed by atoms with Crippen LogP contribution in [0.25, 0.3) is 0 Å². The number of piperazine rings is 1. The fourth-order valence-electron chi connectivity index (χ4n) is 3.41. The summed E-state index contributed by atoms with van der Waals surface area (Å²) in [6.07, 6.45) is 0. The molecule has 132 valence electrons. The number of halogens is 1. The topological polar surface area (TPSA) is 35.6 Å². The third kappa shape index (κ3) is 4.21. The molecule has 1 fully saturated rings. The Morgan fingerprint density at radius 3 is 2.32 bits per heavy atom. The molecule has 1 unspecified atom stereocenters. The largest absolute Gasteiger partial charge is 0.339 e.